The molecule has 2 aromatic rings. The fourth-order valence-electron chi connectivity index (χ4n) is 3.11. The van der Waals surface area contributed by atoms with Gasteiger partial charge in [0.15, 0.2) is 0 Å². The summed E-state index contributed by atoms with van der Waals surface area (Å²) in [6.07, 6.45) is 1.86. The third kappa shape index (κ3) is 3.97. The van der Waals surface area contributed by atoms with Crippen molar-refractivity contribution < 1.29 is 4.79 Å². The molecule has 0 bridgehead atoms. The smallest absolute Gasteiger partial charge is 0.227 e. The zero-order valence-electron chi connectivity index (χ0n) is 14.2. The van der Waals surface area contributed by atoms with Gasteiger partial charge in [-0.25, -0.2) is 0 Å². The maximum atomic E-state index is 12.4. The van der Waals surface area contributed by atoms with Crippen molar-refractivity contribution >= 4 is 23.2 Å². The minimum absolute atomic E-state index is 0.118. The monoisotopic (exact) mass is 342 g/mol. The molecule has 24 heavy (non-hydrogen) atoms. The van der Waals surface area contributed by atoms with E-state index in [1.165, 1.54) is 5.56 Å². The normalized spacial score (nSPS) is 16.1. The molecule has 1 saturated heterocycles. The molecule has 126 valence electrons. The van der Waals surface area contributed by atoms with E-state index in [4.69, 9.17) is 11.6 Å². The molecule has 0 radical (unpaired) electrons. The summed E-state index contributed by atoms with van der Waals surface area (Å²) in [4.78, 5) is 14.6. The number of benzene rings is 2. The van der Waals surface area contributed by atoms with Gasteiger partial charge in [0.25, 0.3) is 0 Å². The number of halogens is 1. The number of nitrogens with zero attached hydrogens (tertiary/aromatic N) is 1. The molecule has 0 aliphatic carbocycles. The van der Waals surface area contributed by atoms with E-state index in [0.29, 0.717) is 0 Å². The van der Waals surface area contributed by atoms with Crippen molar-refractivity contribution in [2.24, 2.45) is 5.92 Å². The van der Waals surface area contributed by atoms with Gasteiger partial charge in [-0.3, -0.25) is 4.79 Å². The molecule has 0 atom stereocenters. The summed E-state index contributed by atoms with van der Waals surface area (Å²) < 4.78 is 0. The summed E-state index contributed by atoms with van der Waals surface area (Å²) >= 11 is 6.29. The van der Waals surface area contributed by atoms with Crippen LogP contribution in [-0.4, -0.2) is 30.9 Å². The maximum Gasteiger partial charge on any atom is 0.227 e. The highest BCUT2D eigenvalue weighted by atomic mass is 35.5. The van der Waals surface area contributed by atoms with Gasteiger partial charge in [0.05, 0.1) is 0 Å². The van der Waals surface area contributed by atoms with E-state index < -0.39 is 0 Å². The first kappa shape index (κ1) is 17.0. The van der Waals surface area contributed by atoms with Crippen molar-refractivity contribution in [3.8, 4) is 11.1 Å². The Hall–Kier alpha value is -1.84. The summed E-state index contributed by atoms with van der Waals surface area (Å²) in [6, 6.07) is 13.9. The van der Waals surface area contributed by atoms with Crippen LogP contribution in [0, 0.1) is 12.8 Å². The highest BCUT2D eigenvalue weighted by Crippen LogP contribution is 2.30. The molecule has 2 aromatic carbocycles. The molecule has 0 unspecified atom stereocenters. The number of hydrogen-bond acceptors (Lipinski definition) is 2. The number of anilines is 1. The molecule has 0 saturated carbocycles. The van der Waals surface area contributed by atoms with E-state index in [9.17, 15) is 4.79 Å². The number of carbonyl (C=O) groups excluding carboxylic acids is 1. The summed E-state index contributed by atoms with van der Waals surface area (Å²) in [5.41, 5.74) is 4.09. The van der Waals surface area contributed by atoms with E-state index in [1.54, 1.807) is 0 Å². The predicted molar refractivity (Wildman–Crippen MR) is 100 cm³/mol. The van der Waals surface area contributed by atoms with Crippen molar-refractivity contribution in [3.05, 3.63) is 53.1 Å². The Bertz CT molecular complexity index is 719. The van der Waals surface area contributed by atoms with Gasteiger partial charge in [-0.15, -0.1) is 0 Å². The van der Waals surface area contributed by atoms with Crippen LogP contribution in [-0.2, 0) is 4.79 Å². The second-order valence-electron chi connectivity index (χ2n) is 6.63. The summed E-state index contributed by atoms with van der Waals surface area (Å²) in [6.45, 7) is 4.03. The van der Waals surface area contributed by atoms with Crippen molar-refractivity contribution in [2.45, 2.75) is 19.8 Å². The molecule has 1 aliphatic heterocycles. The zero-order valence-corrected chi connectivity index (χ0v) is 14.9. The second kappa shape index (κ2) is 7.37. The minimum Gasteiger partial charge on any atom is -0.326 e. The number of piperidine rings is 1. The zero-order chi connectivity index (χ0) is 17.1. The average molecular weight is 343 g/mol. The molecule has 1 aliphatic rings. The molecule has 3 nitrogen and oxygen atoms in total. The quantitative estimate of drug-likeness (QED) is 0.884. The molecular weight excluding hydrogens is 320 g/mol. The van der Waals surface area contributed by atoms with Crippen LogP contribution < -0.4 is 5.32 Å². The lowest BCUT2D eigenvalue weighted by atomic mass is 9.96. The molecule has 4 heteroatoms. The average Bonchev–Trinajstić information content (AvgIpc) is 2.58. The fourth-order valence-corrected chi connectivity index (χ4v) is 3.34. The lowest BCUT2D eigenvalue weighted by molar-refractivity contribution is -0.121. The third-order valence-electron chi connectivity index (χ3n) is 4.67. The van der Waals surface area contributed by atoms with E-state index in [0.717, 1.165) is 47.8 Å². The minimum atomic E-state index is 0.118. The molecule has 1 fully saturated rings. The van der Waals surface area contributed by atoms with Gasteiger partial charge in [-0.2, -0.15) is 0 Å². The van der Waals surface area contributed by atoms with Crippen LogP contribution in [0.5, 0.6) is 0 Å². The first-order valence-corrected chi connectivity index (χ1v) is 8.77. The van der Waals surface area contributed by atoms with Gasteiger partial charge in [0.2, 0.25) is 5.91 Å². The largest absolute Gasteiger partial charge is 0.326 e. The van der Waals surface area contributed by atoms with Gasteiger partial charge in [0.1, 0.15) is 0 Å². The Kier molecular flexibility index (Phi) is 5.22. The summed E-state index contributed by atoms with van der Waals surface area (Å²) in [5.74, 6) is 0.247. The van der Waals surface area contributed by atoms with Gasteiger partial charge in [-0.05, 0) is 69.7 Å². The number of amides is 1. The SMILES string of the molecule is Cc1ccc(Cl)c(-c2ccc(NC(=O)C3CCN(C)CC3)cc2)c1. The van der Waals surface area contributed by atoms with Crippen molar-refractivity contribution in [2.75, 3.05) is 25.5 Å². The van der Waals surface area contributed by atoms with Crippen molar-refractivity contribution in [3.63, 3.8) is 0 Å². The number of hydrogen-bond donors (Lipinski definition) is 1. The first-order chi connectivity index (χ1) is 11.5. The van der Waals surface area contributed by atoms with Gasteiger partial charge >= 0.3 is 0 Å². The number of rotatable bonds is 3. The number of carbonyl (C=O) groups is 1. The molecule has 1 heterocycles. The van der Waals surface area contributed by atoms with Crippen molar-refractivity contribution in [1.82, 2.24) is 4.90 Å². The van der Waals surface area contributed by atoms with E-state index in [1.807, 2.05) is 36.4 Å². The Morgan fingerprint density at radius 2 is 1.79 bits per heavy atom. The molecule has 1 amide bonds. The lowest BCUT2D eigenvalue weighted by Crippen LogP contribution is -2.35. The van der Waals surface area contributed by atoms with Crippen LogP contribution in [0.4, 0.5) is 5.69 Å². The first-order valence-electron chi connectivity index (χ1n) is 8.39. The topological polar surface area (TPSA) is 32.3 Å². The second-order valence-corrected chi connectivity index (χ2v) is 7.03. The van der Waals surface area contributed by atoms with E-state index in [2.05, 4.69) is 30.3 Å². The molecule has 1 N–H and O–H groups in total. The standard InChI is InChI=1S/C20H23ClN2O/c1-14-3-8-19(21)18(13-14)15-4-6-17(7-5-15)22-20(24)16-9-11-23(2)12-10-16/h3-8,13,16H,9-12H2,1-2H3,(H,22,24). The molecule has 0 spiro atoms. The number of likely N-dealkylation sites (tertiary alicyclic amines) is 1. The van der Waals surface area contributed by atoms with Crippen LogP contribution >= 0.6 is 11.6 Å². The molecule has 0 aromatic heterocycles. The highest BCUT2D eigenvalue weighted by Gasteiger charge is 2.23. The lowest BCUT2D eigenvalue weighted by Gasteiger charge is -2.28. The Morgan fingerprint density at radius 1 is 1.12 bits per heavy atom. The molecule has 3 rings (SSSR count). The van der Waals surface area contributed by atoms with Crippen LogP contribution in [0.25, 0.3) is 11.1 Å². The number of aryl methyl sites for hydroxylation is 1. The van der Waals surface area contributed by atoms with Crippen LogP contribution in [0.2, 0.25) is 5.02 Å². The van der Waals surface area contributed by atoms with Gasteiger partial charge in [0, 0.05) is 22.2 Å². The summed E-state index contributed by atoms with van der Waals surface area (Å²) in [7, 11) is 2.10. The van der Waals surface area contributed by atoms with Gasteiger partial charge in [-0.1, -0.05) is 35.4 Å². The van der Waals surface area contributed by atoms with Crippen LogP contribution in [0.3, 0.4) is 0 Å². The Morgan fingerprint density at radius 3 is 2.46 bits per heavy atom. The van der Waals surface area contributed by atoms with Crippen LogP contribution in [0.1, 0.15) is 18.4 Å². The van der Waals surface area contributed by atoms with E-state index in [-0.39, 0.29) is 11.8 Å². The van der Waals surface area contributed by atoms with E-state index >= 15 is 0 Å². The van der Waals surface area contributed by atoms with Crippen LogP contribution in [0.15, 0.2) is 42.5 Å². The third-order valence-corrected chi connectivity index (χ3v) is 5.00. The van der Waals surface area contributed by atoms with Gasteiger partial charge < -0.3 is 10.2 Å². The summed E-state index contributed by atoms with van der Waals surface area (Å²) in [5, 5.41) is 3.78. The van der Waals surface area contributed by atoms with Crippen molar-refractivity contribution in [1.29, 1.82) is 0 Å². The Labute approximate surface area is 148 Å². The fraction of sp³-hybridized carbons (Fsp3) is 0.350. The maximum absolute atomic E-state index is 12.4. The molecular formula is C20H23ClN2O. The number of nitrogens with one attached hydrogen (secondary N) is 1. The highest BCUT2D eigenvalue weighted by molar-refractivity contribution is 6.33. The predicted octanol–water partition coefficient (Wildman–Crippen LogP) is 4.60. The Balaban J connectivity index is 1.68.